The molecule has 0 aromatic carbocycles. The zero-order valence-corrected chi connectivity index (χ0v) is 9.76. The first-order valence-corrected chi connectivity index (χ1v) is 6.19. The van der Waals surface area contributed by atoms with Crippen LogP contribution in [0.4, 0.5) is 0 Å². The van der Waals surface area contributed by atoms with Gasteiger partial charge in [0, 0.05) is 13.1 Å². The number of Topliss-reactive ketones (excluding diaryl/α,β-unsaturated/α-hetero) is 1. The minimum atomic E-state index is 0.0106. The van der Waals surface area contributed by atoms with Crippen LogP contribution >= 0.6 is 11.3 Å². The van der Waals surface area contributed by atoms with E-state index < -0.39 is 0 Å². The summed E-state index contributed by atoms with van der Waals surface area (Å²) in [5.74, 6) is 0.112. The lowest BCUT2D eigenvalue weighted by atomic mass is 10.3. The number of amides is 1. The first-order chi connectivity index (χ1) is 7.75. The number of rotatable bonds is 3. The van der Waals surface area contributed by atoms with E-state index in [0.717, 1.165) is 17.8 Å². The molecule has 0 aliphatic carbocycles. The summed E-state index contributed by atoms with van der Waals surface area (Å²) in [5, 5.41) is 4.68. The molecular weight excluding hydrogens is 224 g/mol. The Labute approximate surface area is 98.3 Å². The number of ketones is 1. The molecule has 1 N–H and O–H groups in total. The van der Waals surface area contributed by atoms with Gasteiger partial charge in [-0.25, -0.2) is 0 Å². The van der Waals surface area contributed by atoms with Crippen molar-refractivity contribution >= 4 is 23.0 Å². The van der Waals surface area contributed by atoms with Crippen LogP contribution in [0.3, 0.4) is 0 Å². The molecule has 1 amide bonds. The number of hydrogen-bond donors (Lipinski definition) is 1. The molecule has 0 saturated carbocycles. The molecule has 1 aromatic heterocycles. The van der Waals surface area contributed by atoms with E-state index in [1.165, 1.54) is 11.3 Å². The van der Waals surface area contributed by atoms with Crippen molar-refractivity contribution in [3.05, 3.63) is 22.4 Å². The van der Waals surface area contributed by atoms with Crippen LogP contribution in [0.25, 0.3) is 0 Å². The summed E-state index contributed by atoms with van der Waals surface area (Å²) in [5.41, 5.74) is 0. The van der Waals surface area contributed by atoms with E-state index in [-0.39, 0.29) is 11.7 Å². The summed E-state index contributed by atoms with van der Waals surface area (Å²) in [7, 11) is 0. The molecule has 1 saturated heterocycles. The fourth-order valence-corrected chi connectivity index (χ4v) is 2.38. The van der Waals surface area contributed by atoms with E-state index in [0.29, 0.717) is 19.6 Å². The molecule has 2 heterocycles. The Hall–Kier alpha value is -1.20. The summed E-state index contributed by atoms with van der Waals surface area (Å²) < 4.78 is 0. The largest absolute Gasteiger partial charge is 0.355 e. The number of thiophene rings is 1. The second-order valence-electron chi connectivity index (χ2n) is 3.81. The highest BCUT2D eigenvalue weighted by molar-refractivity contribution is 7.12. The molecule has 5 heteroatoms. The average molecular weight is 238 g/mol. The van der Waals surface area contributed by atoms with Crippen LogP contribution in [0.2, 0.25) is 0 Å². The van der Waals surface area contributed by atoms with Crippen LogP contribution in [0.15, 0.2) is 17.5 Å². The molecule has 86 valence electrons. The molecular formula is C11H14N2O2S. The smallest absolute Gasteiger partial charge is 0.234 e. The topological polar surface area (TPSA) is 49.4 Å². The summed E-state index contributed by atoms with van der Waals surface area (Å²) >= 11 is 1.45. The standard InChI is InChI=1S/C11H14N2O2S/c14-9(10-3-1-6-16-10)7-13-5-2-4-12-11(15)8-13/h1,3,6H,2,4-5,7-8H2,(H,12,15). The molecule has 1 fully saturated rings. The van der Waals surface area contributed by atoms with E-state index in [9.17, 15) is 9.59 Å². The SMILES string of the molecule is O=C1CN(CC(=O)c2cccs2)CCCN1. The lowest BCUT2D eigenvalue weighted by Crippen LogP contribution is -2.36. The van der Waals surface area contributed by atoms with Crippen LogP contribution in [0, 0.1) is 0 Å². The molecule has 1 aliphatic heterocycles. The van der Waals surface area contributed by atoms with Crippen molar-refractivity contribution in [2.75, 3.05) is 26.2 Å². The molecule has 0 spiro atoms. The van der Waals surface area contributed by atoms with Gasteiger partial charge in [-0.3, -0.25) is 14.5 Å². The monoisotopic (exact) mass is 238 g/mol. The van der Waals surface area contributed by atoms with Gasteiger partial charge in [0.15, 0.2) is 5.78 Å². The Bertz CT molecular complexity index is 375. The maximum Gasteiger partial charge on any atom is 0.234 e. The molecule has 0 bridgehead atoms. The highest BCUT2D eigenvalue weighted by Gasteiger charge is 2.18. The van der Waals surface area contributed by atoms with Crippen molar-refractivity contribution in [3.63, 3.8) is 0 Å². The fraction of sp³-hybridized carbons (Fsp3) is 0.455. The van der Waals surface area contributed by atoms with E-state index in [1.54, 1.807) is 0 Å². The summed E-state index contributed by atoms with van der Waals surface area (Å²) in [6.45, 7) is 2.18. The molecule has 1 aliphatic rings. The fourth-order valence-electron chi connectivity index (χ4n) is 1.72. The van der Waals surface area contributed by atoms with Crippen molar-refractivity contribution in [3.8, 4) is 0 Å². The maximum atomic E-state index is 11.8. The minimum absolute atomic E-state index is 0.0106. The predicted molar refractivity (Wildman–Crippen MR) is 62.7 cm³/mol. The van der Waals surface area contributed by atoms with E-state index >= 15 is 0 Å². The van der Waals surface area contributed by atoms with Crippen LogP contribution in [-0.2, 0) is 4.79 Å². The maximum absolute atomic E-state index is 11.8. The van der Waals surface area contributed by atoms with Crippen molar-refractivity contribution < 1.29 is 9.59 Å². The van der Waals surface area contributed by atoms with Crippen molar-refractivity contribution in [2.24, 2.45) is 0 Å². The third-order valence-corrected chi connectivity index (χ3v) is 3.41. The molecule has 16 heavy (non-hydrogen) atoms. The number of nitrogens with zero attached hydrogens (tertiary/aromatic N) is 1. The third kappa shape index (κ3) is 2.90. The zero-order chi connectivity index (χ0) is 11.4. The molecule has 1 aromatic rings. The number of nitrogens with one attached hydrogen (secondary N) is 1. The second kappa shape index (κ2) is 5.23. The molecule has 2 rings (SSSR count). The van der Waals surface area contributed by atoms with E-state index in [4.69, 9.17) is 0 Å². The molecule has 0 atom stereocenters. The zero-order valence-electron chi connectivity index (χ0n) is 8.94. The van der Waals surface area contributed by atoms with Gasteiger partial charge in [0.2, 0.25) is 5.91 Å². The van der Waals surface area contributed by atoms with Gasteiger partial charge in [0.05, 0.1) is 18.0 Å². The number of carbonyl (C=O) groups excluding carboxylic acids is 2. The lowest BCUT2D eigenvalue weighted by Gasteiger charge is -2.16. The Balaban J connectivity index is 1.93. The first-order valence-electron chi connectivity index (χ1n) is 5.31. The van der Waals surface area contributed by atoms with Crippen molar-refractivity contribution in [1.29, 1.82) is 0 Å². The van der Waals surface area contributed by atoms with E-state index in [2.05, 4.69) is 5.32 Å². The van der Waals surface area contributed by atoms with Crippen LogP contribution in [-0.4, -0.2) is 42.8 Å². The van der Waals surface area contributed by atoms with Gasteiger partial charge in [-0.05, 0) is 17.9 Å². The normalized spacial score (nSPS) is 17.9. The first kappa shape index (κ1) is 11.3. The molecule has 4 nitrogen and oxygen atoms in total. The van der Waals surface area contributed by atoms with Crippen LogP contribution in [0.1, 0.15) is 16.1 Å². The Kier molecular flexibility index (Phi) is 3.69. The van der Waals surface area contributed by atoms with Crippen molar-refractivity contribution in [2.45, 2.75) is 6.42 Å². The van der Waals surface area contributed by atoms with Gasteiger partial charge in [0.25, 0.3) is 0 Å². The second-order valence-corrected chi connectivity index (χ2v) is 4.76. The average Bonchev–Trinajstić information content (AvgIpc) is 2.70. The van der Waals surface area contributed by atoms with Gasteiger partial charge >= 0.3 is 0 Å². The van der Waals surface area contributed by atoms with Gasteiger partial charge < -0.3 is 5.32 Å². The summed E-state index contributed by atoms with van der Waals surface area (Å²) in [6.07, 6.45) is 0.906. The van der Waals surface area contributed by atoms with Crippen molar-refractivity contribution in [1.82, 2.24) is 10.2 Å². The highest BCUT2D eigenvalue weighted by atomic mass is 32.1. The number of hydrogen-bond acceptors (Lipinski definition) is 4. The quantitative estimate of drug-likeness (QED) is 0.791. The summed E-state index contributed by atoms with van der Waals surface area (Å²) in [6, 6.07) is 3.69. The highest BCUT2D eigenvalue weighted by Crippen LogP contribution is 2.10. The third-order valence-electron chi connectivity index (χ3n) is 2.50. The van der Waals surface area contributed by atoms with Gasteiger partial charge in [-0.1, -0.05) is 6.07 Å². The van der Waals surface area contributed by atoms with Crippen LogP contribution < -0.4 is 5.32 Å². The Morgan fingerprint density at radius 3 is 3.19 bits per heavy atom. The summed E-state index contributed by atoms with van der Waals surface area (Å²) in [4.78, 5) is 25.8. The predicted octanol–water partition coefficient (Wildman–Crippen LogP) is 0.753. The van der Waals surface area contributed by atoms with E-state index in [1.807, 2.05) is 22.4 Å². The van der Waals surface area contributed by atoms with Crippen LogP contribution in [0.5, 0.6) is 0 Å². The Morgan fingerprint density at radius 2 is 2.44 bits per heavy atom. The Morgan fingerprint density at radius 1 is 1.56 bits per heavy atom. The molecule has 0 radical (unpaired) electrons. The number of carbonyl (C=O) groups is 2. The van der Waals surface area contributed by atoms with Gasteiger partial charge in [-0.15, -0.1) is 11.3 Å². The molecule has 0 unspecified atom stereocenters. The minimum Gasteiger partial charge on any atom is -0.355 e. The van der Waals surface area contributed by atoms with Gasteiger partial charge in [0.1, 0.15) is 0 Å². The lowest BCUT2D eigenvalue weighted by molar-refractivity contribution is -0.121. The van der Waals surface area contributed by atoms with Gasteiger partial charge in [-0.2, -0.15) is 0 Å².